The van der Waals surface area contributed by atoms with Crippen molar-refractivity contribution in [3.63, 3.8) is 0 Å². The summed E-state index contributed by atoms with van der Waals surface area (Å²) in [5, 5.41) is 6.95. The maximum absolute atomic E-state index is 12.2. The van der Waals surface area contributed by atoms with E-state index in [9.17, 15) is 4.79 Å². The summed E-state index contributed by atoms with van der Waals surface area (Å²) in [5.74, 6) is 1.68. The van der Waals surface area contributed by atoms with E-state index in [1.54, 1.807) is 7.11 Å². The molecule has 1 unspecified atom stereocenters. The molecular weight excluding hydrogens is 410 g/mol. The predicted octanol–water partition coefficient (Wildman–Crippen LogP) is 4.32. The molecule has 2 aromatic carbocycles. The SMILES string of the molecule is COc1ccc(C(C)NC(=O)CCc2nc(-c3ccc(Br)cc3)no2)cc1. The molecule has 1 aromatic heterocycles. The number of amides is 1. The van der Waals surface area contributed by atoms with E-state index < -0.39 is 0 Å². The van der Waals surface area contributed by atoms with Gasteiger partial charge in [-0.2, -0.15) is 4.98 Å². The lowest BCUT2D eigenvalue weighted by Gasteiger charge is -2.14. The Bertz CT molecular complexity index is 892. The Kier molecular flexibility index (Phi) is 6.24. The zero-order valence-corrected chi connectivity index (χ0v) is 16.7. The summed E-state index contributed by atoms with van der Waals surface area (Å²) >= 11 is 3.39. The smallest absolute Gasteiger partial charge is 0.227 e. The number of aromatic nitrogens is 2. The van der Waals surface area contributed by atoms with Crippen LogP contribution in [0.3, 0.4) is 0 Å². The Labute approximate surface area is 166 Å². The average Bonchev–Trinajstić information content (AvgIpc) is 3.16. The van der Waals surface area contributed by atoms with Crippen LogP contribution in [0, 0.1) is 0 Å². The van der Waals surface area contributed by atoms with Gasteiger partial charge in [-0.15, -0.1) is 0 Å². The third kappa shape index (κ3) is 5.17. The number of ether oxygens (including phenoxy) is 1. The summed E-state index contributed by atoms with van der Waals surface area (Å²) in [6.45, 7) is 1.94. The topological polar surface area (TPSA) is 77.2 Å². The van der Waals surface area contributed by atoms with Gasteiger partial charge < -0.3 is 14.6 Å². The number of rotatable bonds is 7. The van der Waals surface area contributed by atoms with E-state index in [1.807, 2.05) is 55.5 Å². The van der Waals surface area contributed by atoms with Crippen LogP contribution < -0.4 is 10.1 Å². The lowest BCUT2D eigenvalue weighted by Crippen LogP contribution is -2.26. The molecule has 0 bridgehead atoms. The van der Waals surface area contributed by atoms with Gasteiger partial charge in [-0.25, -0.2) is 0 Å². The van der Waals surface area contributed by atoms with E-state index in [0.717, 1.165) is 21.3 Å². The highest BCUT2D eigenvalue weighted by Crippen LogP contribution is 2.20. The van der Waals surface area contributed by atoms with E-state index in [-0.39, 0.29) is 18.4 Å². The molecule has 0 aliphatic carbocycles. The number of nitrogens with zero attached hydrogens (tertiary/aromatic N) is 2. The van der Waals surface area contributed by atoms with Gasteiger partial charge >= 0.3 is 0 Å². The Morgan fingerprint density at radius 3 is 2.56 bits per heavy atom. The minimum absolute atomic E-state index is 0.0679. The molecule has 0 aliphatic rings. The third-order valence-corrected chi connectivity index (χ3v) is 4.66. The number of hydrogen-bond donors (Lipinski definition) is 1. The van der Waals surface area contributed by atoms with Gasteiger partial charge in [0.15, 0.2) is 0 Å². The van der Waals surface area contributed by atoms with E-state index in [2.05, 4.69) is 31.4 Å². The first-order chi connectivity index (χ1) is 13.0. The van der Waals surface area contributed by atoms with Crippen molar-refractivity contribution in [1.29, 1.82) is 0 Å². The summed E-state index contributed by atoms with van der Waals surface area (Å²) in [7, 11) is 1.62. The molecule has 0 saturated heterocycles. The number of carbonyl (C=O) groups is 1. The number of carbonyl (C=O) groups excluding carboxylic acids is 1. The lowest BCUT2D eigenvalue weighted by molar-refractivity contribution is -0.121. The van der Waals surface area contributed by atoms with Crippen molar-refractivity contribution in [2.24, 2.45) is 0 Å². The van der Waals surface area contributed by atoms with Crippen LogP contribution in [-0.4, -0.2) is 23.2 Å². The minimum atomic E-state index is -0.0931. The van der Waals surface area contributed by atoms with E-state index in [1.165, 1.54) is 0 Å². The second-order valence-corrected chi connectivity index (χ2v) is 7.00. The first-order valence-electron chi connectivity index (χ1n) is 8.57. The maximum Gasteiger partial charge on any atom is 0.227 e. The highest BCUT2D eigenvalue weighted by atomic mass is 79.9. The highest BCUT2D eigenvalue weighted by Gasteiger charge is 2.13. The Hall–Kier alpha value is -2.67. The van der Waals surface area contributed by atoms with Crippen molar-refractivity contribution in [3.8, 4) is 17.1 Å². The van der Waals surface area contributed by atoms with Gasteiger partial charge in [-0.3, -0.25) is 4.79 Å². The van der Waals surface area contributed by atoms with Crippen LogP contribution in [0.25, 0.3) is 11.4 Å². The van der Waals surface area contributed by atoms with Crippen molar-refractivity contribution in [1.82, 2.24) is 15.5 Å². The molecule has 0 radical (unpaired) electrons. The molecule has 3 aromatic rings. The summed E-state index contributed by atoms with van der Waals surface area (Å²) in [6, 6.07) is 15.2. The summed E-state index contributed by atoms with van der Waals surface area (Å²) in [4.78, 5) is 16.6. The van der Waals surface area contributed by atoms with Crippen LogP contribution in [0.15, 0.2) is 57.5 Å². The normalized spacial score (nSPS) is 11.8. The minimum Gasteiger partial charge on any atom is -0.497 e. The van der Waals surface area contributed by atoms with Crippen molar-refractivity contribution in [2.45, 2.75) is 25.8 Å². The zero-order valence-electron chi connectivity index (χ0n) is 15.1. The van der Waals surface area contributed by atoms with Gasteiger partial charge in [0, 0.05) is 22.9 Å². The van der Waals surface area contributed by atoms with Gasteiger partial charge in [0.1, 0.15) is 5.75 Å². The van der Waals surface area contributed by atoms with Crippen LogP contribution in [-0.2, 0) is 11.2 Å². The fourth-order valence-corrected chi connectivity index (χ4v) is 2.85. The fourth-order valence-electron chi connectivity index (χ4n) is 2.58. The number of aryl methyl sites for hydroxylation is 1. The van der Waals surface area contributed by atoms with Crippen molar-refractivity contribution in [2.75, 3.05) is 7.11 Å². The number of methoxy groups -OCH3 is 1. The molecule has 0 spiro atoms. The molecular formula is C20H20BrN3O3. The van der Waals surface area contributed by atoms with Crippen molar-refractivity contribution < 1.29 is 14.1 Å². The standard InChI is InChI=1S/C20H20BrN3O3/c1-13(14-5-9-17(26-2)10-6-14)22-18(25)11-12-19-23-20(24-27-19)15-3-7-16(21)8-4-15/h3-10,13H,11-12H2,1-2H3,(H,22,25). The van der Waals surface area contributed by atoms with Crippen LogP contribution in [0.2, 0.25) is 0 Å². The summed E-state index contributed by atoms with van der Waals surface area (Å²) in [5.41, 5.74) is 1.88. The summed E-state index contributed by atoms with van der Waals surface area (Å²) < 4.78 is 11.4. The Morgan fingerprint density at radius 1 is 1.19 bits per heavy atom. The number of halogens is 1. The molecule has 1 amide bonds. The molecule has 27 heavy (non-hydrogen) atoms. The molecule has 3 rings (SSSR count). The molecule has 6 nitrogen and oxygen atoms in total. The number of hydrogen-bond acceptors (Lipinski definition) is 5. The van der Waals surface area contributed by atoms with Gasteiger partial charge in [-0.1, -0.05) is 33.2 Å². The molecule has 7 heteroatoms. The lowest BCUT2D eigenvalue weighted by atomic mass is 10.1. The molecule has 1 atom stereocenters. The number of nitrogens with one attached hydrogen (secondary N) is 1. The van der Waals surface area contributed by atoms with Crippen LogP contribution in [0.1, 0.15) is 30.8 Å². The molecule has 0 saturated carbocycles. The predicted molar refractivity (Wildman–Crippen MR) is 105 cm³/mol. The van der Waals surface area contributed by atoms with E-state index in [0.29, 0.717) is 18.1 Å². The molecule has 1 heterocycles. The van der Waals surface area contributed by atoms with Crippen LogP contribution in [0.5, 0.6) is 5.75 Å². The van der Waals surface area contributed by atoms with E-state index >= 15 is 0 Å². The van der Waals surface area contributed by atoms with Gasteiger partial charge in [-0.05, 0) is 48.9 Å². The summed E-state index contributed by atoms with van der Waals surface area (Å²) in [6.07, 6.45) is 0.674. The Balaban J connectivity index is 1.52. The quantitative estimate of drug-likeness (QED) is 0.604. The first-order valence-corrected chi connectivity index (χ1v) is 9.36. The monoisotopic (exact) mass is 429 g/mol. The second-order valence-electron chi connectivity index (χ2n) is 6.08. The third-order valence-electron chi connectivity index (χ3n) is 4.13. The largest absolute Gasteiger partial charge is 0.497 e. The Morgan fingerprint density at radius 2 is 1.89 bits per heavy atom. The zero-order chi connectivity index (χ0) is 19.2. The average molecular weight is 430 g/mol. The van der Waals surface area contributed by atoms with Crippen molar-refractivity contribution in [3.05, 3.63) is 64.5 Å². The molecule has 1 N–H and O–H groups in total. The van der Waals surface area contributed by atoms with Crippen LogP contribution >= 0.6 is 15.9 Å². The van der Waals surface area contributed by atoms with Gasteiger partial charge in [0.2, 0.25) is 17.6 Å². The van der Waals surface area contributed by atoms with E-state index in [4.69, 9.17) is 9.26 Å². The molecule has 0 fully saturated rings. The highest BCUT2D eigenvalue weighted by molar-refractivity contribution is 9.10. The van der Waals surface area contributed by atoms with Gasteiger partial charge in [0.25, 0.3) is 0 Å². The molecule has 0 aliphatic heterocycles. The van der Waals surface area contributed by atoms with Gasteiger partial charge in [0.05, 0.1) is 13.2 Å². The van der Waals surface area contributed by atoms with Crippen LogP contribution in [0.4, 0.5) is 0 Å². The maximum atomic E-state index is 12.2. The number of benzene rings is 2. The fraction of sp³-hybridized carbons (Fsp3) is 0.250. The second kappa shape index (κ2) is 8.81. The molecule has 140 valence electrons. The van der Waals surface area contributed by atoms with Crippen molar-refractivity contribution >= 4 is 21.8 Å². The first kappa shape index (κ1) is 19.1.